The molecule has 2 aromatic carbocycles. The van der Waals surface area contributed by atoms with E-state index in [2.05, 4.69) is 107 Å². The lowest BCUT2D eigenvalue weighted by atomic mass is 10.00. The highest BCUT2D eigenvalue weighted by Crippen LogP contribution is 2.29. The highest BCUT2D eigenvalue weighted by atomic mass is 16.5. The Hall–Kier alpha value is -2.65. The molecule has 0 N–H and O–H groups in total. The summed E-state index contributed by atoms with van der Waals surface area (Å²) in [4.78, 5) is 6.59. The molecule has 3 aromatic rings. The molecule has 0 radical (unpaired) electrons. The second-order valence-corrected chi connectivity index (χ2v) is 11.0. The topological polar surface area (TPSA) is 25.4 Å². The van der Waals surface area contributed by atoms with Gasteiger partial charge in [-0.3, -0.25) is 4.98 Å². The minimum absolute atomic E-state index is 0.528. The smallest absolute Gasteiger partial charge is 0.125 e. The third-order valence-corrected chi connectivity index (χ3v) is 6.98. The fourth-order valence-electron chi connectivity index (χ4n) is 4.49. The first-order chi connectivity index (χ1) is 17.7. The molecule has 0 spiro atoms. The van der Waals surface area contributed by atoms with Crippen molar-refractivity contribution in [3.05, 3.63) is 94.8 Å². The molecule has 202 valence electrons. The molecule has 1 fully saturated rings. The van der Waals surface area contributed by atoms with Crippen LogP contribution in [-0.2, 0) is 6.42 Å². The van der Waals surface area contributed by atoms with E-state index < -0.39 is 0 Å². The van der Waals surface area contributed by atoms with E-state index in [0.29, 0.717) is 17.8 Å². The molecule has 3 heteroatoms. The molecule has 0 unspecified atom stereocenters. The number of rotatable bonds is 7. The van der Waals surface area contributed by atoms with Gasteiger partial charge in [0, 0.05) is 18.9 Å². The van der Waals surface area contributed by atoms with Gasteiger partial charge in [-0.05, 0) is 90.9 Å². The van der Waals surface area contributed by atoms with E-state index in [1.807, 2.05) is 12.3 Å². The standard InChI is InChI=1S/C15H23N.C11H16O.C8H11N/c1-13(2)15-7-5-14(6-8-15)9-12-16-10-3-4-11-16;1-8(2)10-7-5-6-9(3)11(10)12-4;1-7(2)8-4-3-5-9-6-8/h5-8,13H,3-4,9-12H2,1-2H3;5-8H,1-4H3;3-7H,1-2H3. The molecule has 37 heavy (non-hydrogen) atoms. The fourth-order valence-corrected chi connectivity index (χ4v) is 4.49. The van der Waals surface area contributed by atoms with Gasteiger partial charge in [-0.25, -0.2) is 0 Å². The van der Waals surface area contributed by atoms with Gasteiger partial charge in [-0.1, -0.05) is 90.1 Å². The number of ether oxygens (including phenoxy) is 1. The van der Waals surface area contributed by atoms with Crippen molar-refractivity contribution in [2.24, 2.45) is 0 Å². The predicted octanol–water partition coefficient (Wildman–Crippen LogP) is 8.78. The molecular formula is C34H50N2O. The Kier molecular flexibility index (Phi) is 13.4. The third kappa shape index (κ3) is 10.7. The van der Waals surface area contributed by atoms with Crippen LogP contribution in [-0.4, -0.2) is 36.6 Å². The van der Waals surface area contributed by atoms with Gasteiger partial charge in [0.15, 0.2) is 0 Å². The predicted molar refractivity (Wildman–Crippen MR) is 160 cm³/mol. The molecular weight excluding hydrogens is 452 g/mol. The fraction of sp³-hybridized carbons (Fsp3) is 0.500. The summed E-state index contributed by atoms with van der Waals surface area (Å²) in [6.07, 6.45) is 7.70. The van der Waals surface area contributed by atoms with Crippen molar-refractivity contribution in [3.63, 3.8) is 0 Å². The van der Waals surface area contributed by atoms with E-state index in [4.69, 9.17) is 4.74 Å². The Labute approximate surface area is 227 Å². The highest BCUT2D eigenvalue weighted by molar-refractivity contribution is 5.42. The molecule has 3 nitrogen and oxygen atoms in total. The highest BCUT2D eigenvalue weighted by Gasteiger charge is 2.11. The lowest BCUT2D eigenvalue weighted by Gasteiger charge is -2.14. The molecule has 0 aliphatic carbocycles. The second kappa shape index (κ2) is 16.2. The molecule has 0 bridgehead atoms. The van der Waals surface area contributed by atoms with Crippen molar-refractivity contribution < 1.29 is 4.74 Å². The van der Waals surface area contributed by atoms with Crippen molar-refractivity contribution in [2.45, 2.75) is 85.5 Å². The van der Waals surface area contributed by atoms with Gasteiger partial charge in [0.25, 0.3) is 0 Å². The van der Waals surface area contributed by atoms with Crippen LogP contribution >= 0.6 is 0 Å². The summed E-state index contributed by atoms with van der Waals surface area (Å²) in [7, 11) is 1.73. The van der Waals surface area contributed by atoms with E-state index >= 15 is 0 Å². The van der Waals surface area contributed by atoms with E-state index in [-0.39, 0.29) is 0 Å². The van der Waals surface area contributed by atoms with Gasteiger partial charge < -0.3 is 9.64 Å². The minimum atomic E-state index is 0.528. The zero-order valence-corrected chi connectivity index (χ0v) is 24.6. The van der Waals surface area contributed by atoms with Crippen molar-refractivity contribution in [3.8, 4) is 5.75 Å². The maximum Gasteiger partial charge on any atom is 0.125 e. The van der Waals surface area contributed by atoms with Crippen LogP contribution < -0.4 is 4.74 Å². The Morgan fingerprint density at radius 1 is 0.784 bits per heavy atom. The van der Waals surface area contributed by atoms with Gasteiger partial charge in [0.1, 0.15) is 5.75 Å². The normalized spacial score (nSPS) is 13.3. The van der Waals surface area contributed by atoms with Crippen molar-refractivity contribution in [1.82, 2.24) is 9.88 Å². The number of pyridine rings is 1. The number of likely N-dealkylation sites (tertiary alicyclic amines) is 1. The average Bonchev–Trinajstić information content (AvgIpc) is 3.42. The molecule has 0 saturated carbocycles. The van der Waals surface area contributed by atoms with Gasteiger partial charge in [0.2, 0.25) is 0 Å². The van der Waals surface area contributed by atoms with E-state index in [0.717, 1.165) is 5.75 Å². The van der Waals surface area contributed by atoms with E-state index in [9.17, 15) is 0 Å². The van der Waals surface area contributed by atoms with Crippen LogP contribution in [0.15, 0.2) is 67.0 Å². The van der Waals surface area contributed by atoms with Gasteiger partial charge in [-0.2, -0.15) is 0 Å². The maximum absolute atomic E-state index is 5.34. The number of nitrogens with zero attached hydrogens (tertiary/aromatic N) is 2. The number of aromatic nitrogens is 1. The SMILES string of the molecule is CC(C)c1ccc(CCN2CCCC2)cc1.CC(C)c1cccnc1.COc1c(C)cccc1C(C)C. The van der Waals surface area contributed by atoms with Gasteiger partial charge in [-0.15, -0.1) is 0 Å². The zero-order valence-electron chi connectivity index (χ0n) is 24.6. The number of methoxy groups -OCH3 is 1. The minimum Gasteiger partial charge on any atom is -0.496 e. The molecule has 1 saturated heterocycles. The van der Waals surface area contributed by atoms with E-state index in [1.165, 1.54) is 66.7 Å². The molecule has 0 amide bonds. The third-order valence-electron chi connectivity index (χ3n) is 6.98. The molecule has 0 atom stereocenters. The Morgan fingerprint density at radius 2 is 1.43 bits per heavy atom. The van der Waals surface area contributed by atoms with Gasteiger partial charge >= 0.3 is 0 Å². The van der Waals surface area contributed by atoms with Gasteiger partial charge in [0.05, 0.1) is 7.11 Å². The Morgan fingerprint density at radius 3 is 1.89 bits per heavy atom. The van der Waals surface area contributed by atoms with Crippen LogP contribution in [0.5, 0.6) is 5.75 Å². The monoisotopic (exact) mass is 502 g/mol. The maximum atomic E-state index is 5.34. The summed E-state index contributed by atoms with van der Waals surface area (Å²) in [5, 5.41) is 0. The van der Waals surface area contributed by atoms with Crippen molar-refractivity contribution in [2.75, 3.05) is 26.7 Å². The summed E-state index contributed by atoms with van der Waals surface area (Å²) >= 11 is 0. The molecule has 4 rings (SSSR count). The summed E-state index contributed by atoms with van der Waals surface area (Å²) in [6, 6.07) is 19.5. The molecule has 1 aliphatic heterocycles. The number of benzene rings is 2. The van der Waals surface area contributed by atoms with E-state index in [1.54, 1.807) is 13.3 Å². The Bertz CT molecular complexity index is 1000. The van der Waals surface area contributed by atoms with Crippen LogP contribution in [0.25, 0.3) is 0 Å². The quantitative estimate of drug-likeness (QED) is 0.323. The first-order valence-corrected chi connectivity index (χ1v) is 14.1. The number of aryl methyl sites for hydroxylation is 1. The summed E-state index contributed by atoms with van der Waals surface area (Å²) in [5.41, 5.74) is 6.74. The van der Waals surface area contributed by atoms with Crippen LogP contribution in [0.4, 0.5) is 0 Å². The van der Waals surface area contributed by atoms with Crippen LogP contribution in [0, 0.1) is 6.92 Å². The number of hydrogen-bond acceptors (Lipinski definition) is 3. The molecule has 2 heterocycles. The second-order valence-electron chi connectivity index (χ2n) is 11.0. The van der Waals surface area contributed by atoms with Crippen molar-refractivity contribution >= 4 is 0 Å². The van der Waals surface area contributed by atoms with Crippen LogP contribution in [0.1, 0.15) is 100.0 Å². The molecule has 1 aromatic heterocycles. The zero-order chi connectivity index (χ0) is 27.2. The largest absolute Gasteiger partial charge is 0.496 e. The summed E-state index contributed by atoms with van der Waals surface area (Å²) in [6.45, 7) is 19.1. The lowest BCUT2D eigenvalue weighted by molar-refractivity contribution is 0.343. The molecule has 1 aliphatic rings. The first-order valence-electron chi connectivity index (χ1n) is 14.1. The number of para-hydroxylation sites is 1. The number of hydrogen-bond donors (Lipinski definition) is 0. The average molecular weight is 503 g/mol. The lowest BCUT2D eigenvalue weighted by Crippen LogP contribution is -2.21. The first kappa shape index (κ1) is 30.6. The van der Waals surface area contributed by atoms with Crippen LogP contribution in [0.2, 0.25) is 0 Å². The van der Waals surface area contributed by atoms with Crippen LogP contribution in [0.3, 0.4) is 0 Å². The van der Waals surface area contributed by atoms with Crippen molar-refractivity contribution in [1.29, 1.82) is 0 Å². The Balaban J connectivity index is 0.000000204. The summed E-state index contributed by atoms with van der Waals surface area (Å²) < 4.78 is 5.34. The summed E-state index contributed by atoms with van der Waals surface area (Å²) in [5.74, 6) is 2.80.